The number of nitrogens with zero attached hydrogens (tertiary/aromatic N) is 3. The van der Waals surface area contributed by atoms with Gasteiger partial charge in [-0.2, -0.15) is 5.10 Å². The summed E-state index contributed by atoms with van der Waals surface area (Å²) < 4.78 is 20.6. The molecule has 1 aliphatic heterocycles. The molecule has 1 aromatic carbocycles. The molecule has 0 aliphatic carbocycles. The number of rotatable bonds is 4. The van der Waals surface area contributed by atoms with Crippen LogP contribution in [0.3, 0.4) is 0 Å². The highest BCUT2D eigenvalue weighted by Crippen LogP contribution is 2.31. The smallest absolute Gasteiger partial charge is 0.340 e. The van der Waals surface area contributed by atoms with Crippen LogP contribution in [0.4, 0.5) is 15.9 Å². The maximum Gasteiger partial charge on any atom is 0.340 e. The molecular weight excluding hydrogens is 337 g/mol. The van der Waals surface area contributed by atoms with Crippen molar-refractivity contribution >= 4 is 28.4 Å². The number of aromatic nitrogens is 3. The van der Waals surface area contributed by atoms with Gasteiger partial charge < -0.3 is 15.4 Å². The van der Waals surface area contributed by atoms with Crippen LogP contribution in [-0.4, -0.2) is 40.9 Å². The van der Waals surface area contributed by atoms with Gasteiger partial charge in [0.1, 0.15) is 5.82 Å². The van der Waals surface area contributed by atoms with Crippen molar-refractivity contribution in [2.45, 2.75) is 12.5 Å². The molecule has 0 bridgehead atoms. The highest BCUT2D eigenvalue weighted by Gasteiger charge is 2.22. The van der Waals surface area contributed by atoms with Gasteiger partial charge in [0.15, 0.2) is 5.82 Å². The molecule has 1 atom stereocenters. The number of hydrogen-bond acceptors (Lipinski definition) is 6. The number of methoxy groups -OCH3 is 1. The molecule has 8 heteroatoms. The third-order valence-electron chi connectivity index (χ3n) is 4.53. The minimum atomic E-state index is -0.482. The summed E-state index contributed by atoms with van der Waals surface area (Å²) in [7, 11) is 1.32. The van der Waals surface area contributed by atoms with E-state index in [-0.39, 0.29) is 11.9 Å². The zero-order valence-corrected chi connectivity index (χ0v) is 14.2. The van der Waals surface area contributed by atoms with E-state index < -0.39 is 5.97 Å². The van der Waals surface area contributed by atoms with Gasteiger partial charge in [0, 0.05) is 18.1 Å². The molecule has 4 rings (SSSR count). The van der Waals surface area contributed by atoms with Crippen LogP contribution in [0.25, 0.3) is 10.9 Å². The molecule has 1 unspecified atom stereocenters. The van der Waals surface area contributed by atoms with E-state index in [2.05, 4.69) is 20.7 Å². The number of ether oxygens (including phenoxy) is 1. The van der Waals surface area contributed by atoms with Crippen molar-refractivity contribution < 1.29 is 13.9 Å². The molecule has 7 nitrogen and oxygen atoms in total. The minimum absolute atomic E-state index is 0.201. The van der Waals surface area contributed by atoms with E-state index in [1.807, 2.05) is 4.68 Å². The van der Waals surface area contributed by atoms with Gasteiger partial charge in [0.2, 0.25) is 0 Å². The lowest BCUT2D eigenvalue weighted by Crippen LogP contribution is -2.14. The molecule has 1 aliphatic rings. The molecule has 134 valence electrons. The average molecular weight is 355 g/mol. The predicted molar refractivity (Wildman–Crippen MR) is 95.1 cm³/mol. The number of anilines is 2. The van der Waals surface area contributed by atoms with Crippen LogP contribution in [-0.2, 0) is 4.74 Å². The lowest BCUT2D eigenvalue weighted by atomic mass is 10.2. The van der Waals surface area contributed by atoms with E-state index in [1.165, 1.54) is 31.6 Å². The summed E-state index contributed by atoms with van der Waals surface area (Å²) in [5.74, 6) is -0.349. The van der Waals surface area contributed by atoms with Crippen molar-refractivity contribution in [1.82, 2.24) is 20.1 Å². The van der Waals surface area contributed by atoms with Gasteiger partial charge in [0.05, 0.1) is 36.1 Å². The first-order valence-electron chi connectivity index (χ1n) is 8.35. The van der Waals surface area contributed by atoms with E-state index in [4.69, 9.17) is 4.74 Å². The summed E-state index contributed by atoms with van der Waals surface area (Å²) >= 11 is 0. The van der Waals surface area contributed by atoms with E-state index in [0.717, 1.165) is 25.0 Å². The third kappa shape index (κ3) is 2.88. The van der Waals surface area contributed by atoms with E-state index in [9.17, 15) is 9.18 Å². The Morgan fingerprint density at radius 1 is 1.42 bits per heavy atom. The van der Waals surface area contributed by atoms with E-state index in [0.29, 0.717) is 22.5 Å². The first-order chi connectivity index (χ1) is 12.7. The lowest BCUT2D eigenvalue weighted by molar-refractivity contribution is 0.0602. The van der Waals surface area contributed by atoms with Gasteiger partial charge in [-0.25, -0.2) is 9.18 Å². The molecular formula is C18H18FN5O2. The topological polar surface area (TPSA) is 81.1 Å². The zero-order chi connectivity index (χ0) is 18.1. The van der Waals surface area contributed by atoms with Gasteiger partial charge in [-0.15, -0.1) is 0 Å². The Labute approximate surface area is 149 Å². The Balaban J connectivity index is 1.80. The fourth-order valence-corrected chi connectivity index (χ4v) is 3.24. The number of pyridine rings is 1. The quantitative estimate of drug-likeness (QED) is 0.700. The number of benzene rings is 1. The number of hydrogen-bond donors (Lipinski definition) is 2. The SMILES string of the molecule is COC(=O)c1ccncc1Nc1nn(C2CCNC2)c2ccc(F)cc12. The van der Waals surface area contributed by atoms with Crippen LogP contribution in [0.5, 0.6) is 0 Å². The summed E-state index contributed by atoms with van der Waals surface area (Å²) in [5, 5.41) is 11.7. The van der Waals surface area contributed by atoms with Crippen LogP contribution >= 0.6 is 0 Å². The average Bonchev–Trinajstić information content (AvgIpc) is 3.30. The Morgan fingerprint density at radius 3 is 3.08 bits per heavy atom. The van der Waals surface area contributed by atoms with Crippen molar-refractivity contribution in [1.29, 1.82) is 0 Å². The molecule has 3 aromatic rings. The van der Waals surface area contributed by atoms with Crippen LogP contribution in [0.15, 0.2) is 36.7 Å². The van der Waals surface area contributed by atoms with Crippen molar-refractivity contribution in [3.05, 3.63) is 48.0 Å². The molecule has 2 N–H and O–H groups in total. The number of halogens is 1. The molecule has 0 spiro atoms. The predicted octanol–water partition coefficient (Wildman–Crippen LogP) is 2.64. The summed E-state index contributed by atoms with van der Waals surface area (Å²) in [6, 6.07) is 6.36. The summed E-state index contributed by atoms with van der Waals surface area (Å²) in [6.45, 7) is 1.74. The van der Waals surface area contributed by atoms with Gasteiger partial charge in [-0.3, -0.25) is 9.67 Å². The fraction of sp³-hybridized carbons (Fsp3) is 0.278. The van der Waals surface area contributed by atoms with Crippen LogP contribution < -0.4 is 10.6 Å². The van der Waals surface area contributed by atoms with Crippen LogP contribution in [0.2, 0.25) is 0 Å². The van der Waals surface area contributed by atoms with Crippen molar-refractivity contribution in [3.8, 4) is 0 Å². The number of nitrogens with one attached hydrogen (secondary N) is 2. The van der Waals surface area contributed by atoms with Gasteiger partial charge >= 0.3 is 5.97 Å². The van der Waals surface area contributed by atoms with Gasteiger partial charge in [-0.1, -0.05) is 0 Å². The van der Waals surface area contributed by atoms with Gasteiger partial charge in [-0.05, 0) is 37.2 Å². The second kappa shape index (κ2) is 6.72. The maximum absolute atomic E-state index is 13.8. The standard InChI is InChI=1S/C18H18FN5O2/c1-26-18(25)13-5-7-21-10-15(13)22-17-14-8-11(19)2-3-16(14)24(23-17)12-4-6-20-9-12/h2-3,5,7-8,10,12,20H,4,6,9H2,1H3,(H,22,23). The Hall–Kier alpha value is -3.00. The number of esters is 1. The molecule has 0 saturated carbocycles. The molecule has 1 saturated heterocycles. The third-order valence-corrected chi connectivity index (χ3v) is 4.53. The Bertz CT molecular complexity index is 965. The summed E-state index contributed by atoms with van der Waals surface area (Å²) in [5.41, 5.74) is 1.63. The molecule has 26 heavy (non-hydrogen) atoms. The highest BCUT2D eigenvalue weighted by molar-refractivity contribution is 5.98. The van der Waals surface area contributed by atoms with E-state index in [1.54, 1.807) is 12.1 Å². The van der Waals surface area contributed by atoms with Crippen molar-refractivity contribution in [2.75, 3.05) is 25.5 Å². The fourth-order valence-electron chi connectivity index (χ4n) is 3.24. The highest BCUT2D eigenvalue weighted by atomic mass is 19.1. The van der Waals surface area contributed by atoms with Crippen LogP contribution in [0.1, 0.15) is 22.8 Å². The molecule has 3 heterocycles. The number of fused-ring (bicyclic) bond motifs is 1. The monoisotopic (exact) mass is 355 g/mol. The minimum Gasteiger partial charge on any atom is -0.465 e. The molecule has 2 aromatic heterocycles. The summed E-state index contributed by atoms with van der Waals surface area (Å²) in [6.07, 6.45) is 3.99. The normalized spacial score (nSPS) is 16.8. The van der Waals surface area contributed by atoms with Crippen LogP contribution in [0, 0.1) is 5.82 Å². The number of carbonyl (C=O) groups excluding carboxylic acids is 1. The second-order valence-corrected chi connectivity index (χ2v) is 6.14. The lowest BCUT2D eigenvalue weighted by Gasteiger charge is -2.10. The first-order valence-corrected chi connectivity index (χ1v) is 8.35. The largest absolute Gasteiger partial charge is 0.465 e. The molecule has 0 amide bonds. The first kappa shape index (κ1) is 16.5. The maximum atomic E-state index is 13.8. The van der Waals surface area contributed by atoms with E-state index >= 15 is 0 Å². The molecule has 0 radical (unpaired) electrons. The van der Waals surface area contributed by atoms with Gasteiger partial charge in [0.25, 0.3) is 0 Å². The second-order valence-electron chi connectivity index (χ2n) is 6.14. The zero-order valence-electron chi connectivity index (χ0n) is 14.2. The van der Waals surface area contributed by atoms with Crippen molar-refractivity contribution in [2.24, 2.45) is 0 Å². The molecule has 1 fully saturated rings. The number of carbonyl (C=O) groups is 1. The van der Waals surface area contributed by atoms with Crippen molar-refractivity contribution in [3.63, 3.8) is 0 Å². The Morgan fingerprint density at radius 2 is 2.31 bits per heavy atom. The summed E-state index contributed by atoms with van der Waals surface area (Å²) in [4.78, 5) is 16.0. The Kier molecular flexibility index (Phi) is 4.26.